The van der Waals surface area contributed by atoms with Gasteiger partial charge in [0, 0.05) is 10.4 Å². The second-order valence-electron chi connectivity index (χ2n) is 1.14. The standard InChI is InChI=1S/CH4O3S.Mg.H2O4S/c1-5(2,3)4;;1-5(2,3)4/h1H3,(H,2,3,4);;(H2,1,2,3,4)/q;+2;/p-2. The van der Waals surface area contributed by atoms with Crippen molar-refractivity contribution in [1.82, 2.24) is 0 Å². The molecule has 0 rings (SSSR count). The Kier molecular flexibility index (Phi) is 9.76. The minimum atomic E-state index is -5.17. The van der Waals surface area contributed by atoms with Gasteiger partial charge in [0.15, 0.2) is 0 Å². The topological polar surface area (TPSA) is 135 Å². The van der Waals surface area contributed by atoms with Crippen LogP contribution in [0.15, 0.2) is 0 Å². The summed E-state index contributed by atoms with van der Waals surface area (Å²) in [4.78, 5) is 0. The predicted molar refractivity (Wildman–Crippen MR) is 33.7 cm³/mol. The maximum absolute atomic E-state index is 9.19. The van der Waals surface area contributed by atoms with Gasteiger partial charge < -0.3 is 9.11 Å². The van der Waals surface area contributed by atoms with Crippen molar-refractivity contribution in [3.63, 3.8) is 0 Å². The third-order valence-electron chi connectivity index (χ3n) is 0. The Morgan fingerprint density at radius 1 is 1.09 bits per heavy atom. The summed E-state index contributed by atoms with van der Waals surface area (Å²) in [7, 11) is -8.83. The van der Waals surface area contributed by atoms with Crippen LogP contribution < -0.4 is 0 Å². The molecule has 0 bridgehead atoms. The van der Waals surface area contributed by atoms with E-state index in [-0.39, 0.29) is 23.1 Å². The summed E-state index contributed by atoms with van der Waals surface area (Å²) in [6.07, 6.45) is 0.715. The van der Waals surface area contributed by atoms with Crippen LogP contribution in [0, 0.1) is 0 Å². The molecule has 0 amide bonds. The first kappa shape index (κ1) is 17.6. The van der Waals surface area contributed by atoms with Crippen molar-refractivity contribution in [1.29, 1.82) is 0 Å². The third-order valence-corrected chi connectivity index (χ3v) is 0. The van der Waals surface area contributed by atoms with E-state index in [9.17, 15) is 8.42 Å². The average Bonchev–Trinajstić information content (AvgIpc) is 1.12. The van der Waals surface area contributed by atoms with E-state index in [0.29, 0.717) is 6.26 Å². The van der Waals surface area contributed by atoms with E-state index in [2.05, 4.69) is 0 Å². The van der Waals surface area contributed by atoms with Gasteiger partial charge in [-0.1, -0.05) is 0 Å². The molecule has 0 fully saturated rings. The molecule has 0 aliphatic carbocycles. The molecule has 64 valence electrons. The molecule has 0 saturated carbocycles. The zero-order chi connectivity index (χ0) is 9.00. The van der Waals surface area contributed by atoms with Crippen LogP contribution in [0.5, 0.6) is 0 Å². The second kappa shape index (κ2) is 6.11. The van der Waals surface area contributed by atoms with Gasteiger partial charge in [-0.15, -0.1) is 0 Å². The van der Waals surface area contributed by atoms with Crippen molar-refractivity contribution in [2.45, 2.75) is 0 Å². The van der Waals surface area contributed by atoms with Crippen LogP contribution in [0.25, 0.3) is 0 Å². The minimum absolute atomic E-state index is 0. The van der Waals surface area contributed by atoms with Gasteiger partial charge in [0.2, 0.25) is 0 Å². The summed E-state index contributed by atoms with van der Waals surface area (Å²) < 4.78 is 60.0. The van der Waals surface area contributed by atoms with Crippen molar-refractivity contribution in [2.75, 3.05) is 6.26 Å². The monoisotopic (exact) mass is 216 g/mol. The normalized spacial score (nSPS) is 10.5. The molecule has 0 saturated heterocycles. The van der Waals surface area contributed by atoms with E-state index in [4.69, 9.17) is 22.1 Å². The number of hydrogen-bond acceptors (Lipinski definition) is 6. The molecule has 10 heteroatoms. The van der Waals surface area contributed by atoms with Crippen molar-refractivity contribution in [3.8, 4) is 0 Å². The van der Waals surface area contributed by atoms with Gasteiger partial charge in [-0.2, -0.15) is 8.42 Å². The summed E-state index contributed by atoms with van der Waals surface area (Å²) in [6, 6.07) is 0. The Morgan fingerprint density at radius 3 is 1.09 bits per heavy atom. The van der Waals surface area contributed by atoms with Crippen LogP contribution in [0.2, 0.25) is 0 Å². The molecule has 0 spiro atoms. The Hall–Kier alpha value is 0.546. The SMILES string of the molecule is CS(=O)(=O)O.O=S(=O)([O-])[O-].[Mg+2]. The van der Waals surface area contributed by atoms with Gasteiger partial charge in [0.05, 0.1) is 6.26 Å². The Morgan fingerprint density at radius 2 is 1.09 bits per heavy atom. The van der Waals surface area contributed by atoms with Crippen molar-refractivity contribution < 1.29 is 30.5 Å². The Bertz CT molecular complexity index is 213. The van der Waals surface area contributed by atoms with Gasteiger partial charge >= 0.3 is 23.1 Å². The summed E-state index contributed by atoms with van der Waals surface area (Å²) in [5.74, 6) is 0. The molecule has 11 heavy (non-hydrogen) atoms. The van der Waals surface area contributed by atoms with Gasteiger partial charge in [-0.3, -0.25) is 13.0 Å². The van der Waals surface area contributed by atoms with Crippen LogP contribution in [-0.4, -0.2) is 59.8 Å². The average molecular weight is 216 g/mol. The van der Waals surface area contributed by atoms with E-state index in [1.54, 1.807) is 0 Å². The Labute approximate surface area is 80.3 Å². The molecule has 0 atom stereocenters. The maximum atomic E-state index is 9.19. The van der Waals surface area contributed by atoms with Gasteiger partial charge in [0.25, 0.3) is 10.1 Å². The molecule has 0 radical (unpaired) electrons. The van der Waals surface area contributed by atoms with Gasteiger partial charge in [-0.25, -0.2) is 0 Å². The summed E-state index contributed by atoms with van der Waals surface area (Å²) in [5.41, 5.74) is 0. The number of rotatable bonds is 0. The van der Waals surface area contributed by atoms with E-state index in [0.717, 1.165) is 0 Å². The number of hydrogen-bond donors (Lipinski definition) is 1. The fourth-order valence-corrected chi connectivity index (χ4v) is 0. The molecule has 0 aliphatic heterocycles. The zero-order valence-corrected chi connectivity index (χ0v) is 8.47. The minimum Gasteiger partial charge on any atom is -0.759 e. The molecular formula is CH4MgO7S2. The van der Waals surface area contributed by atoms with E-state index < -0.39 is 20.5 Å². The Balaban J connectivity index is -0.000000107. The van der Waals surface area contributed by atoms with Crippen LogP contribution in [0.3, 0.4) is 0 Å². The molecule has 0 aromatic heterocycles. The van der Waals surface area contributed by atoms with Crippen molar-refractivity contribution >= 4 is 43.6 Å². The fourth-order valence-electron chi connectivity index (χ4n) is 0. The summed E-state index contributed by atoms with van der Waals surface area (Å²) in [6.45, 7) is 0. The molecular weight excluding hydrogens is 212 g/mol. The molecule has 0 aromatic rings. The third kappa shape index (κ3) is 2580. The van der Waals surface area contributed by atoms with Crippen molar-refractivity contribution in [2.24, 2.45) is 0 Å². The molecule has 0 unspecified atom stereocenters. The molecule has 0 heterocycles. The first-order valence-electron chi connectivity index (χ1n) is 1.59. The molecule has 0 aromatic carbocycles. The van der Waals surface area contributed by atoms with Crippen molar-refractivity contribution in [3.05, 3.63) is 0 Å². The van der Waals surface area contributed by atoms with E-state index in [1.165, 1.54) is 0 Å². The fraction of sp³-hybridized carbons (Fsp3) is 1.00. The van der Waals surface area contributed by atoms with Crippen LogP contribution >= 0.6 is 0 Å². The second-order valence-corrected chi connectivity index (χ2v) is 3.42. The largest absolute Gasteiger partial charge is 2.00 e. The van der Waals surface area contributed by atoms with Crippen LogP contribution in [0.4, 0.5) is 0 Å². The summed E-state index contributed by atoms with van der Waals surface area (Å²) in [5, 5.41) is 0. The zero-order valence-electron chi connectivity index (χ0n) is 5.42. The first-order valence-corrected chi connectivity index (χ1v) is 4.77. The quantitative estimate of drug-likeness (QED) is 0.275. The van der Waals surface area contributed by atoms with Crippen LogP contribution in [0.1, 0.15) is 0 Å². The van der Waals surface area contributed by atoms with Gasteiger partial charge in [0.1, 0.15) is 0 Å². The maximum Gasteiger partial charge on any atom is 2.00 e. The molecule has 7 nitrogen and oxygen atoms in total. The molecule has 1 N–H and O–H groups in total. The van der Waals surface area contributed by atoms with Crippen LogP contribution in [-0.2, 0) is 20.5 Å². The van der Waals surface area contributed by atoms with Gasteiger partial charge in [-0.05, 0) is 0 Å². The predicted octanol–water partition coefficient (Wildman–Crippen LogP) is -2.21. The summed E-state index contributed by atoms with van der Waals surface area (Å²) >= 11 is 0. The first-order chi connectivity index (χ1) is 4.00. The molecule has 0 aliphatic rings. The van der Waals surface area contributed by atoms with E-state index in [1.807, 2.05) is 0 Å². The van der Waals surface area contributed by atoms with E-state index >= 15 is 0 Å². The smallest absolute Gasteiger partial charge is 0.759 e.